The zero-order chi connectivity index (χ0) is 37.8. The molecule has 0 unspecified atom stereocenters. The van der Waals surface area contributed by atoms with E-state index in [1.54, 1.807) is 0 Å². The molecule has 0 N–H and O–H groups in total. The van der Waals surface area contributed by atoms with Crippen molar-refractivity contribution in [1.29, 1.82) is 0 Å². The van der Waals surface area contributed by atoms with Crippen LogP contribution in [0.3, 0.4) is 0 Å². The Morgan fingerprint density at radius 1 is 0.306 bits per heavy atom. The standard InChI is InChI=1S/4CH4.I9.I8.I7.I6.I5.I4.I3.I2.HI/c;;;;1-6-8(4)9(5)7(2)3;1-6(2)8(5)7(3)4;1-5-7(4)6(2)3;1-5(2)6(3)4;1-4-5(2)3;1-4(2)3;1-3-2;1-2;/h4*1H4;;;;;;;;;1H/q;;;;-1;;-1;;-1;;-1;;. The summed E-state index contributed by atoms with van der Waals surface area (Å²) in [6.45, 7) is 0. The van der Waals surface area contributed by atoms with Crippen LogP contribution in [0.25, 0.3) is 0 Å². The van der Waals surface area contributed by atoms with E-state index in [1.165, 1.54) is 0 Å². The van der Waals surface area contributed by atoms with Gasteiger partial charge in [0.2, 0.25) is 0 Å². The Balaban J connectivity index is -0.0000000279. The number of hydrogen-bond donors (Lipinski definition) is 0. The molecular weight excluding hydrogens is 5760 g/mol. The maximum atomic E-state index is 2.85. The van der Waals surface area contributed by atoms with Crippen molar-refractivity contribution in [2.45, 2.75) is 29.7 Å². The first-order valence-corrected chi connectivity index (χ1v) is 231. The summed E-state index contributed by atoms with van der Waals surface area (Å²) in [5.74, 6) is 0. The molecule has 0 amide bonds. The maximum absolute atomic E-state index is 2.85. The summed E-state index contributed by atoms with van der Waals surface area (Å²) in [6.07, 6.45) is 0. The van der Waals surface area contributed by atoms with Crippen molar-refractivity contribution in [2.75, 3.05) is 0 Å². The Morgan fingerprint density at radius 2 is 0.490 bits per heavy atom. The first kappa shape index (κ1) is 113. The minimum absolute atomic E-state index is 0. The minimum atomic E-state index is -0.353. The summed E-state index contributed by atoms with van der Waals surface area (Å²) in [6, 6.07) is 0. The molecular formula is C4H17I45-4. The van der Waals surface area contributed by atoms with Gasteiger partial charge in [0.1, 0.15) is 0 Å². The second-order valence-corrected chi connectivity index (χ2v) is 652. The fourth-order valence-corrected chi connectivity index (χ4v) is 1260. The van der Waals surface area contributed by atoms with E-state index in [2.05, 4.69) is 521 Å². The van der Waals surface area contributed by atoms with Crippen LogP contribution in [-0.4, -0.2) is 0 Å². The quantitative estimate of drug-likeness (QED) is 0.202. The summed E-state index contributed by atoms with van der Waals surface area (Å²) >= 11 is 75.5. The third kappa shape index (κ3) is 127. The van der Waals surface area contributed by atoms with Crippen LogP contribution in [-0.2, 0) is 0 Å². The SMILES string of the molecule is C.C.C.C.I.II.II(I)I.II(I)I(I)I.II(I)I(I)I(I)I.I[I-]I.I[I-]I(I)I.I[I-]I(I)I(I)I.I[I-]I(I)I(I)I(I)I. The van der Waals surface area contributed by atoms with Gasteiger partial charge in [0.25, 0.3) is 0 Å². The molecule has 0 atom stereocenters. The van der Waals surface area contributed by atoms with Crippen molar-refractivity contribution >= 4 is 640 Å². The number of hydrogen-bond acceptors (Lipinski definition) is 0. The first-order valence-electron chi connectivity index (χ1n) is 5.14. The molecule has 0 rings (SSSR count). The topological polar surface area (TPSA) is 0 Å². The molecule has 0 aromatic rings. The van der Waals surface area contributed by atoms with Gasteiger partial charge >= 0.3 is 632 Å². The normalized spacial score (nSPS) is 11.8. The van der Waals surface area contributed by atoms with Crippen molar-refractivity contribution in [2.24, 2.45) is 0 Å². The van der Waals surface area contributed by atoms with E-state index in [9.17, 15) is 0 Å². The van der Waals surface area contributed by atoms with Gasteiger partial charge in [-0.15, -0.1) is 24.0 Å². The molecule has 0 bridgehead atoms. The number of halogens is 45. The van der Waals surface area contributed by atoms with E-state index in [0.717, 1.165) is 0 Å². The zero-order valence-electron chi connectivity index (χ0n) is 17.0. The Morgan fingerprint density at radius 3 is 0.510 bits per heavy atom. The van der Waals surface area contributed by atoms with Crippen LogP contribution < -0.4 is 53.0 Å². The molecule has 0 aliphatic heterocycles. The Kier molecular flexibility index (Phi) is 224. The molecule has 352 valence electrons. The Labute approximate surface area is 686 Å². The summed E-state index contributed by atoms with van der Waals surface area (Å²) in [7, 11) is -3.45. The van der Waals surface area contributed by atoms with E-state index >= 15 is 0 Å². The van der Waals surface area contributed by atoms with E-state index in [0.29, 0.717) is 53.0 Å². The fourth-order valence-electron chi connectivity index (χ4n) is 0.0926. The molecule has 0 radical (unpaired) electrons. The van der Waals surface area contributed by atoms with E-state index in [4.69, 9.17) is 0 Å². The van der Waals surface area contributed by atoms with Crippen molar-refractivity contribution in [1.82, 2.24) is 0 Å². The van der Waals surface area contributed by atoms with Gasteiger partial charge in [0.05, 0.1) is 0 Å². The molecule has 0 aliphatic rings. The van der Waals surface area contributed by atoms with Crippen LogP contribution in [0.4, 0.5) is 0 Å². The van der Waals surface area contributed by atoms with Gasteiger partial charge in [-0.25, -0.2) is 0 Å². The van der Waals surface area contributed by atoms with Crippen LogP contribution >= 0.6 is 640 Å². The number of rotatable bonds is 9. The predicted molar refractivity (Wildman–Crippen MR) is 603 cm³/mol. The molecule has 0 nitrogen and oxygen atoms in total. The zero-order valence-corrected chi connectivity index (χ0v) is 114. The third-order valence-corrected chi connectivity index (χ3v) is 1240. The van der Waals surface area contributed by atoms with Gasteiger partial charge in [0, 0.05) is 37.2 Å². The van der Waals surface area contributed by atoms with Crippen LogP contribution in [0.2, 0.25) is 0 Å². The van der Waals surface area contributed by atoms with Gasteiger partial charge in [-0.3, -0.25) is 0 Å². The Bertz CT molecular complexity index is 413. The molecule has 0 saturated carbocycles. The first-order chi connectivity index (χ1) is 19.9. The monoisotopic (exact) mass is 5780 g/mol. The Hall–Kier alpha value is 32.9. The second-order valence-electron chi connectivity index (χ2n) is 2.16. The van der Waals surface area contributed by atoms with Gasteiger partial charge in [-0.2, -0.15) is 0 Å². The molecule has 49 heavy (non-hydrogen) atoms. The van der Waals surface area contributed by atoms with Gasteiger partial charge in [0.15, 0.2) is 0 Å². The van der Waals surface area contributed by atoms with Crippen molar-refractivity contribution in [3.05, 3.63) is 0 Å². The van der Waals surface area contributed by atoms with Gasteiger partial charge in [-0.1, -0.05) is 29.7 Å². The average molecular weight is 5780 g/mol. The van der Waals surface area contributed by atoms with E-state index in [-0.39, 0.29) is 148 Å². The van der Waals surface area contributed by atoms with Crippen molar-refractivity contribution in [3.8, 4) is 0 Å². The summed E-state index contributed by atoms with van der Waals surface area (Å²) < 4.78 is 0. The average Bonchev–Trinajstić information content (AvgIpc) is 2.93. The third-order valence-electron chi connectivity index (χ3n) is 0.612. The van der Waals surface area contributed by atoms with Crippen LogP contribution in [0.1, 0.15) is 29.7 Å². The molecule has 0 aromatic carbocycles. The molecule has 0 spiro atoms. The molecule has 45 heteroatoms. The van der Waals surface area contributed by atoms with Crippen LogP contribution in [0.15, 0.2) is 0 Å². The van der Waals surface area contributed by atoms with E-state index < -0.39 is 0 Å². The summed E-state index contributed by atoms with van der Waals surface area (Å²) in [5, 5.41) is 0. The van der Waals surface area contributed by atoms with E-state index in [1.807, 2.05) is 0 Å². The fraction of sp³-hybridized carbons (Fsp3) is 1.00. The molecule has 0 saturated heterocycles. The van der Waals surface area contributed by atoms with Crippen LogP contribution in [0, 0.1) is 0 Å². The van der Waals surface area contributed by atoms with Crippen LogP contribution in [0.5, 0.6) is 0 Å². The predicted octanol–water partition coefficient (Wildman–Crippen LogP) is 26.6. The van der Waals surface area contributed by atoms with Gasteiger partial charge < -0.3 is 0 Å². The van der Waals surface area contributed by atoms with Crippen molar-refractivity contribution < 1.29 is 53.0 Å². The van der Waals surface area contributed by atoms with Gasteiger partial charge in [-0.05, 0) is 0 Å². The van der Waals surface area contributed by atoms with Crippen molar-refractivity contribution in [3.63, 3.8) is 0 Å². The summed E-state index contributed by atoms with van der Waals surface area (Å²) in [5.41, 5.74) is 0. The molecule has 0 fully saturated rings. The molecule has 0 heterocycles. The second kappa shape index (κ2) is 97.1. The molecule has 0 aliphatic carbocycles. The molecule has 0 aromatic heterocycles. The summed E-state index contributed by atoms with van der Waals surface area (Å²) in [4.78, 5) is 0.